The summed E-state index contributed by atoms with van der Waals surface area (Å²) in [6.45, 7) is 5.95. The van der Waals surface area contributed by atoms with Gasteiger partial charge in [-0.1, -0.05) is 19.8 Å². The predicted octanol–water partition coefficient (Wildman–Crippen LogP) is 2.89. The minimum Gasteiger partial charge on any atom is -0.378 e. The van der Waals surface area contributed by atoms with Crippen molar-refractivity contribution < 1.29 is 24.3 Å². The molecular weight excluding hydrogens is 448 g/mol. The summed E-state index contributed by atoms with van der Waals surface area (Å²) in [5.74, 6) is -0.357. The average Bonchev–Trinajstić information content (AvgIpc) is 3.52. The van der Waals surface area contributed by atoms with Gasteiger partial charge in [0.15, 0.2) is 0 Å². The van der Waals surface area contributed by atoms with Gasteiger partial charge in [-0.15, -0.1) is 0 Å². The number of anilines is 2. The molecule has 2 N–H and O–H groups in total. The summed E-state index contributed by atoms with van der Waals surface area (Å²) in [5, 5.41) is 13.3. The zero-order valence-electron chi connectivity index (χ0n) is 20.7. The number of carbonyl (C=O) groups excluding carboxylic acids is 3. The number of hydrogen-bond acceptors (Lipinski definition) is 6. The van der Waals surface area contributed by atoms with Crippen LogP contribution in [0.25, 0.3) is 0 Å². The molecule has 3 amide bonds. The lowest BCUT2D eigenvalue weighted by Crippen LogP contribution is -2.44. The van der Waals surface area contributed by atoms with Crippen molar-refractivity contribution in [3.05, 3.63) is 24.3 Å². The lowest BCUT2D eigenvalue weighted by molar-refractivity contribution is -0.154. The maximum Gasteiger partial charge on any atom is 0.247 e. The lowest BCUT2D eigenvalue weighted by Gasteiger charge is -2.29. The number of ether oxygens (including phenoxy) is 1. The number of rotatable bonds is 11. The Balaban J connectivity index is 1.39. The fraction of sp³-hybridized carbons (Fsp3) is 0.654. The molecule has 2 atom stereocenters. The van der Waals surface area contributed by atoms with Crippen LogP contribution >= 0.6 is 0 Å². The zero-order valence-corrected chi connectivity index (χ0v) is 20.7. The predicted molar refractivity (Wildman–Crippen MR) is 132 cm³/mol. The van der Waals surface area contributed by atoms with Crippen LogP contribution in [0, 0.1) is 11.3 Å². The Labute approximate surface area is 207 Å². The molecule has 0 unspecified atom stereocenters. The standard InChI is InChI=1S/C26H38N4O5/c1-2-3-4-20(17-29(34)19-31)15-24(32)30-18-26(9-10-26)16-23(30)25(33)27-21-5-7-22(8-6-21)28-11-13-35-14-12-28/h5-8,19-20,23,34H,2-4,9-18H2,1H3,(H,27,33)/t20-,23+/m1/s1. The topological polar surface area (TPSA) is 102 Å². The summed E-state index contributed by atoms with van der Waals surface area (Å²) in [4.78, 5) is 41.5. The van der Waals surface area contributed by atoms with E-state index >= 15 is 0 Å². The molecule has 2 heterocycles. The van der Waals surface area contributed by atoms with Gasteiger partial charge in [0.25, 0.3) is 0 Å². The molecule has 1 aromatic carbocycles. The fourth-order valence-electron chi connectivity index (χ4n) is 5.32. The van der Waals surface area contributed by atoms with Crippen LogP contribution in [0.15, 0.2) is 24.3 Å². The van der Waals surface area contributed by atoms with Gasteiger partial charge in [-0.25, -0.2) is 5.06 Å². The van der Waals surface area contributed by atoms with Crippen LogP contribution < -0.4 is 10.2 Å². The quantitative estimate of drug-likeness (QED) is 0.283. The summed E-state index contributed by atoms with van der Waals surface area (Å²) >= 11 is 0. The number of hydroxylamine groups is 2. The second-order valence-corrected chi connectivity index (χ2v) is 10.3. The highest BCUT2D eigenvalue weighted by Gasteiger charge is 2.55. The van der Waals surface area contributed by atoms with Gasteiger partial charge >= 0.3 is 0 Å². The van der Waals surface area contributed by atoms with E-state index in [9.17, 15) is 19.6 Å². The average molecular weight is 487 g/mol. The van der Waals surface area contributed by atoms with E-state index in [4.69, 9.17) is 4.74 Å². The van der Waals surface area contributed by atoms with Crippen LogP contribution in [0.4, 0.5) is 11.4 Å². The second-order valence-electron chi connectivity index (χ2n) is 10.3. The first-order valence-corrected chi connectivity index (χ1v) is 12.9. The summed E-state index contributed by atoms with van der Waals surface area (Å²) in [5.41, 5.74) is 1.90. The maximum absolute atomic E-state index is 13.3. The van der Waals surface area contributed by atoms with Crippen molar-refractivity contribution in [3.63, 3.8) is 0 Å². The van der Waals surface area contributed by atoms with E-state index in [1.54, 1.807) is 4.90 Å². The number of nitrogens with zero attached hydrogens (tertiary/aromatic N) is 3. The van der Waals surface area contributed by atoms with Crippen LogP contribution in [0.3, 0.4) is 0 Å². The number of nitrogens with one attached hydrogen (secondary N) is 1. The first-order valence-electron chi connectivity index (χ1n) is 12.9. The lowest BCUT2D eigenvalue weighted by atomic mass is 9.97. The van der Waals surface area contributed by atoms with Crippen molar-refractivity contribution in [3.8, 4) is 0 Å². The summed E-state index contributed by atoms with van der Waals surface area (Å²) in [6, 6.07) is 7.34. The normalized spacial score (nSPS) is 21.6. The maximum atomic E-state index is 13.3. The summed E-state index contributed by atoms with van der Waals surface area (Å²) in [6.07, 6.45) is 6.01. The number of morpholine rings is 1. The molecule has 1 saturated carbocycles. The molecular formula is C26H38N4O5. The van der Waals surface area contributed by atoms with Gasteiger partial charge in [0.2, 0.25) is 18.2 Å². The van der Waals surface area contributed by atoms with Crippen LogP contribution in [0.1, 0.15) is 51.9 Å². The van der Waals surface area contributed by atoms with E-state index < -0.39 is 6.04 Å². The fourth-order valence-corrected chi connectivity index (χ4v) is 5.32. The van der Waals surface area contributed by atoms with Crippen molar-refractivity contribution in [1.82, 2.24) is 9.96 Å². The molecule has 1 aliphatic carbocycles. The number of benzene rings is 1. The molecule has 0 radical (unpaired) electrons. The molecule has 3 fully saturated rings. The molecule has 9 heteroatoms. The Morgan fingerprint density at radius 3 is 2.60 bits per heavy atom. The molecule has 4 rings (SSSR count). The molecule has 2 aliphatic heterocycles. The van der Waals surface area contributed by atoms with Crippen LogP contribution in [0.2, 0.25) is 0 Å². The summed E-state index contributed by atoms with van der Waals surface area (Å²) in [7, 11) is 0. The molecule has 3 aliphatic rings. The Hall–Kier alpha value is -2.65. The van der Waals surface area contributed by atoms with Crippen molar-refractivity contribution in [2.24, 2.45) is 11.3 Å². The van der Waals surface area contributed by atoms with Gasteiger partial charge in [0, 0.05) is 37.4 Å². The van der Waals surface area contributed by atoms with Gasteiger partial charge in [-0.3, -0.25) is 19.6 Å². The Bertz CT molecular complexity index is 882. The molecule has 0 aromatic heterocycles. The largest absolute Gasteiger partial charge is 0.378 e. The molecule has 0 bridgehead atoms. The van der Waals surface area contributed by atoms with Gasteiger partial charge in [0.05, 0.1) is 19.8 Å². The van der Waals surface area contributed by atoms with E-state index in [2.05, 4.69) is 17.1 Å². The first kappa shape index (κ1) is 25.4. The van der Waals surface area contributed by atoms with E-state index in [0.717, 1.165) is 69.8 Å². The minimum atomic E-state index is -0.493. The van der Waals surface area contributed by atoms with E-state index in [1.807, 2.05) is 24.3 Å². The smallest absolute Gasteiger partial charge is 0.247 e. The zero-order chi connectivity index (χ0) is 24.8. The second kappa shape index (κ2) is 11.4. The van der Waals surface area contributed by atoms with Crippen LogP contribution in [-0.4, -0.2) is 78.8 Å². The van der Waals surface area contributed by atoms with Gasteiger partial charge < -0.3 is 19.9 Å². The molecule has 35 heavy (non-hydrogen) atoms. The minimum absolute atomic E-state index is 0.0720. The van der Waals surface area contributed by atoms with Gasteiger partial charge in [-0.05, 0) is 61.3 Å². The van der Waals surface area contributed by atoms with Gasteiger partial charge in [-0.2, -0.15) is 0 Å². The Morgan fingerprint density at radius 2 is 1.97 bits per heavy atom. The molecule has 192 valence electrons. The first-order chi connectivity index (χ1) is 16.9. The highest BCUT2D eigenvalue weighted by Crippen LogP contribution is 2.55. The van der Waals surface area contributed by atoms with Crippen molar-refractivity contribution >= 4 is 29.6 Å². The van der Waals surface area contributed by atoms with Crippen LogP contribution in [0.5, 0.6) is 0 Å². The number of hydrogen-bond donors (Lipinski definition) is 2. The summed E-state index contributed by atoms with van der Waals surface area (Å²) < 4.78 is 5.41. The van der Waals surface area contributed by atoms with E-state index in [1.165, 1.54) is 0 Å². The monoisotopic (exact) mass is 486 g/mol. The Morgan fingerprint density at radius 1 is 1.26 bits per heavy atom. The van der Waals surface area contributed by atoms with E-state index in [-0.39, 0.29) is 36.1 Å². The Kier molecular flexibility index (Phi) is 8.28. The third-order valence-corrected chi connectivity index (χ3v) is 7.60. The highest BCUT2D eigenvalue weighted by atomic mass is 16.5. The third kappa shape index (κ3) is 6.52. The number of carbonyl (C=O) groups is 3. The van der Waals surface area contributed by atoms with Crippen LogP contribution in [-0.2, 0) is 19.1 Å². The van der Waals surface area contributed by atoms with E-state index in [0.29, 0.717) is 24.4 Å². The van der Waals surface area contributed by atoms with Gasteiger partial charge in [0.1, 0.15) is 6.04 Å². The third-order valence-electron chi connectivity index (χ3n) is 7.60. The number of amides is 3. The van der Waals surface area contributed by atoms with Crippen molar-refractivity contribution in [2.45, 2.75) is 57.9 Å². The molecule has 1 spiro atoms. The number of unbranched alkanes of at least 4 members (excludes halogenated alkanes) is 1. The highest BCUT2D eigenvalue weighted by molar-refractivity contribution is 5.98. The van der Waals surface area contributed by atoms with Crippen molar-refractivity contribution in [1.29, 1.82) is 0 Å². The molecule has 1 aromatic rings. The molecule has 2 saturated heterocycles. The number of likely N-dealkylation sites (tertiary alicyclic amines) is 1. The van der Waals surface area contributed by atoms with Crippen molar-refractivity contribution in [2.75, 3.05) is 49.6 Å². The molecule has 9 nitrogen and oxygen atoms in total. The SMILES string of the molecule is CCCC[C@H](CC(=O)N1CC2(CC2)C[C@H]1C(=O)Nc1ccc(N2CCOCC2)cc1)CN(O)C=O.